The zero-order valence-electron chi connectivity index (χ0n) is 9.35. The van der Waals surface area contributed by atoms with E-state index in [1.807, 2.05) is 6.07 Å². The summed E-state index contributed by atoms with van der Waals surface area (Å²) in [5.41, 5.74) is 0.131. The number of nitrogens with zero attached hydrogens (tertiary/aromatic N) is 1. The molecule has 0 heterocycles. The van der Waals surface area contributed by atoms with Gasteiger partial charge in [0, 0.05) is 5.02 Å². The molecule has 0 bridgehead atoms. The molecule has 2 aromatic rings. The van der Waals surface area contributed by atoms with Gasteiger partial charge in [-0.05, 0) is 30.3 Å². The highest BCUT2D eigenvalue weighted by atomic mass is 35.5. The topological polar surface area (TPSA) is 35.8 Å². The lowest BCUT2D eigenvalue weighted by Crippen LogP contribution is -2.00. The number of hydrogen-bond acceptors (Lipinski definition) is 2. The molecule has 1 N–H and O–H groups in total. The first-order valence-electron chi connectivity index (χ1n) is 5.13. The number of hydrogen-bond donors (Lipinski definition) is 1. The number of benzene rings is 2. The third kappa shape index (κ3) is 2.64. The van der Waals surface area contributed by atoms with Crippen LogP contribution < -0.4 is 5.32 Å². The number of nitriles is 1. The van der Waals surface area contributed by atoms with Gasteiger partial charge in [0.25, 0.3) is 0 Å². The molecule has 0 amide bonds. The molecule has 2 nitrogen and oxygen atoms in total. The Hall–Kier alpha value is -2.19. The van der Waals surface area contributed by atoms with Crippen molar-refractivity contribution in [1.82, 2.24) is 0 Å². The Morgan fingerprint density at radius 3 is 2.42 bits per heavy atom. The van der Waals surface area contributed by atoms with Crippen molar-refractivity contribution in [2.45, 2.75) is 0 Å². The van der Waals surface area contributed by atoms with Gasteiger partial charge in [-0.2, -0.15) is 5.26 Å². The maximum atomic E-state index is 13.5. The van der Waals surface area contributed by atoms with Crippen LogP contribution in [0.1, 0.15) is 5.56 Å². The lowest BCUT2D eigenvalue weighted by Gasteiger charge is -2.10. The van der Waals surface area contributed by atoms with E-state index in [1.54, 1.807) is 0 Å². The van der Waals surface area contributed by atoms with Gasteiger partial charge in [-0.1, -0.05) is 11.6 Å². The van der Waals surface area contributed by atoms with E-state index in [-0.39, 0.29) is 16.9 Å². The fraction of sp³-hybridized carbons (Fsp3) is 0. The maximum absolute atomic E-state index is 13.5. The number of halogens is 4. The highest BCUT2D eigenvalue weighted by molar-refractivity contribution is 6.30. The van der Waals surface area contributed by atoms with Gasteiger partial charge in [-0.15, -0.1) is 0 Å². The smallest absolute Gasteiger partial charge is 0.196 e. The molecule has 0 saturated carbocycles. The first-order chi connectivity index (χ1) is 9.02. The van der Waals surface area contributed by atoms with Crippen molar-refractivity contribution in [3.05, 3.63) is 58.4 Å². The largest absolute Gasteiger partial charge is 0.352 e. The van der Waals surface area contributed by atoms with Gasteiger partial charge in [-0.25, -0.2) is 13.2 Å². The van der Waals surface area contributed by atoms with Crippen LogP contribution in [-0.4, -0.2) is 0 Å². The molecule has 0 aliphatic rings. The molecular weight excluding hydrogens is 277 g/mol. The predicted molar refractivity (Wildman–Crippen MR) is 65.8 cm³/mol. The molecule has 0 radical (unpaired) electrons. The van der Waals surface area contributed by atoms with E-state index in [9.17, 15) is 13.2 Å². The zero-order chi connectivity index (χ0) is 14.0. The Balaban J connectivity index is 2.45. The van der Waals surface area contributed by atoms with Gasteiger partial charge in [0.05, 0.1) is 16.9 Å². The summed E-state index contributed by atoms with van der Waals surface area (Å²) in [4.78, 5) is 0. The van der Waals surface area contributed by atoms with Crippen molar-refractivity contribution in [1.29, 1.82) is 5.26 Å². The monoisotopic (exact) mass is 282 g/mol. The van der Waals surface area contributed by atoms with Crippen molar-refractivity contribution in [2.24, 2.45) is 0 Å². The molecular formula is C13H6ClF3N2. The molecule has 0 aliphatic heterocycles. The van der Waals surface area contributed by atoms with Crippen LogP contribution in [0.2, 0.25) is 5.02 Å². The van der Waals surface area contributed by atoms with Gasteiger partial charge < -0.3 is 5.32 Å². The third-order valence-corrected chi connectivity index (χ3v) is 2.64. The van der Waals surface area contributed by atoms with Crippen LogP contribution in [0.25, 0.3) is 0 Å². The summed E-state index contributed by atoms with van der Waals surface area (Å²) in [7, 11) is 0. The standard InChI is InChI=1S/C13H6ClF3N2/c14-8-2-1-7(6-18)11(5-8)19-10-4-3-9(15)12(16)13(10)17/h1-5,19H. The molecule has 0 aliphatic carbocycles. The lowest BCUT2D eigenvalue weighted by atomic mass is 10.2. The minimum Gasteiger partial charge on any atom is -0.352 e. The van der Waals surface area contributed by atoms with E-state index < -0.39 is 17.5 Å². The molecule has 2 aromatic carbocycles. The number of anilines is 2. The molecule has 0 spiro atoms. The highest BCUT2D eigenvalue weighted by Gasteiger charge is 2.14. The Morgan fingerprint density at radius 2 is 1.74 bits per heavy atom. The summed E-state index contributed by atoms with van der Waals surface area (Å²) >= 11 is 5.76. The maximum Gasteiger partial charge on any atom is 0.196 e. The fourth-order valence-electron chi connectivity index (χ4n) is 1.48. The molecule has 6 heteroatoms. The summed E-state index contributed by atoms with van der Waals surface area (Å²) in [5, 5.41) is 11.7. The summed E-state index contributed by atoms with van der Waals surface area (Å²) in [5.74, 6) is -4.22. The second kappa shape index (κ2) is 5.21. The molecule has 0 unspecified atom stereocenters. The summed E-state index contributed by atoms with van der Waals surface area (Å²) in [6.07, 6.45) is 0. The average molecular weight is 283 g/mol. The van der Waals surface area contributed by atoms with Crippen molar-refractivity contribution in [3.8, 4) is 6.07 Å². The fourth-order valence-corrected chi connectivity index (χ4v) is 1.66. The van der Waals surface area contributed by atoms with Crippen LogP contribution in [0.3, 0.4) is 0 Å². The van der Waals surface area contributed by atoms with Crippen molar-refractivity contribution in [3.63, 3.8) is 0 Å². The lowest BCUT2D eigenvalue weighted by molar-refractivity contribution is 0.449. The zero-order valence-corrected chi connectivity index (χ0v) is 10.1. The molecule has 2 rings (SSSR count). The Kier molecular flexibility index (Phi) is 3.63. The summed E-state index contributed by atoms with van der Waals surface area (Å²) in [6, 6.07) is 8.02. The van der Waals surface area contributed by atoms with Gasteiger partial charge in [0.2, 0.25) is 0 Å². The normalized spacial score (nSPS) is 10.1. The van der Waals surface area contributed by atoms with Gasteiger partial charge in [0.15, 0.2) is 17.5 Å². The van der Waals surface area contributed by atoms with Crippen molar-refractivity contribution < 1.29 is 13.2 Å². The average Bonchev–Trinajstić information content (AvgIpc) is 2.40. The Labute approximate surface area is 112 Å². The van der Waals surface area contributed by atoms with Crippen molar-refractivity contribution in [2.75, 3.05) is 5.32 Å². The highest BCUT2D eigenvalue weighted by Crippen LogP contribution is 2.27. The van der Waals surface area contributed by atoms with Crippen molar-refractivity contribution >= 4 is 23.0 Å². The molecule has 0 saturated heterocycles. The Morgan fingerprint density at radius 1 is 1.00 bits per heavy atom. The van der Waals surface area contributed by atoms with Gasteiger partial charge >= 0.3 is 0 Å². The molecule has 19 heavy (non-hydrogen) atoms. The predicted octanol–water partition coefficient (Wildman–Crippen LogP) is 4.37. The second-order valence-electron chi connectivity index (χ2n) is 3.65. The van der Waals surface area contributed by atoms with Crippen LogP contribution in [0.15, 0.2) is 30.3 Å². The summed E-state index contributed by atoms with van der Waals surface area (Å²) in [6.45, 7) is 0. The number of rotatable bonds is 2. The van der Waals surface area contributed by atoms with Crippen LogP contribution in [0, 0.1) is 28.8 Å². The van der Waals surface area contributed by atoms with E-state index in [2.05, 4.69) is 5.32 Å². The first-order valence-corrected chi connectivity index (χ1v) is 5.51. The van der Waals surface area contributed by atoms with E-state index in [0.717, 1.165) is 12.1 Å². The quantitative estimate of drug-likeness (QED) is 0.830. The third-order valence-electron chi connectivity index (χ3n) is 2.41. The van der Waals surface area contributed by atoms with Gasteiger partial charge in [0.1, 0.15) is 6.07 Å². The SMILES string of the molecule is N#Cc1ccc(Cl)cc1Nc1ccc(F)c(F)c1F. The van der Waals surface area contributed by atoms with Crippen LogP contribution in [0.5, 0.6) is 0 Å². The number of nitrogens with one attached hydrogen (secondary N) is 1. The molecule has 0 aromatic heterocycles. The van der Waals surface area contributed by atoms with E-state index in [1.165, 1.54) is 18.2 Å². The molecule has 0 fully saturated rings. The first kappa shape index (κ1) is 13.2. The van der Waals surface area contributed by atoms with Crippen LogP contribution in [-0.2, 0) is 0 Å². The molecule has 96 valence electrons. The van der Waals surface area contributed by atoms with E-state index >= 15 is 0 Å². The Bertz CT molecular complexity index is 680. The van der Waals surface area contributed by atoms with Crippen LogP contribution >= 0.6 is 11.6 Å². The summed E-state index contributed by atoms with van der Waals surface area (Å²) < 4.78 is 39.4. The van der Waals surface area contributed by atoms with Crippen LogP contribution in [0.4, 0.5) is 24.5 Å². The van der Waals surface area contributed by atoms with Gasteiger partial charge in [-0.3, -0.25) is 0 Å². The second-order valence-corrected chi connectivity index (χ2v) is 4.09. The minimum absolute atomic E-state index is 0.202. The van der Waals surface area contributed by atoms with E-state index in [0.29, 0.717) is 5.02 Å². The molecule has 0 atom stereocenters. The minimum atomic E-state index is -1.58. The van der Waals surface area contributed by atoms with E-state index in [4.69, 9.17) is 16.9 Å².